The molecule has 0 aliphatic carbocycles. The summed E-state index contributed by atoms with van der Waals surface area (Å²) >= 11 is 0. The lowest BCUT2D eigenvalue weighted by molar-refractivity contribution is -0.132. The summed E-state index contributed by atoms with van der Waals surface area (Å²) in [4.78, 5) is 21.8. The van der Waals surface area contributed by atoms with Crippen LogP contribution in [-0.4, -0.2) is 23.8 Å². The molecule has 102 valence electrons. The van der Waals surface area contributed by atoms with Crippen molar-refractivity contribution >= 4 is 12.1 Å². The molecule has 0 radical (unpaired) electrons. The number of alkyl carbamates (subject to hydrolysis) is 1. The van der Waals surface area contributed by atoms with Crippen molar-refractivity contribution < 1.29 is 19.4 Å². The second-order valence-electron chi connectivity index (χ2n) is 3.96. The molecule has 0 unspecified atom stereocenters. The summed E-state index contributed by atoms with van der Waals surface area (Å²) in [6, 6.07) is 9.49. The molecule has 0 saturated carbocycles. The summed E-state index contributed by atoms with van der Waals surface area (Å²) in [5, 5.41) is 11.2. The fraction of sp³-hybridized carbons (Fsp3) is 0.286. The number of ether oxygens (including phenoxy) is 1. The lowest BCUT2D eigenvalue weighted by Gasteiger charge is -2.06. The van der Waals surface area contributed by atoms with Gasteiger partial charge in [0.05, 0.1) is 6.61 Å². The summed E-state index contributed by atoms with van der Waals surface area (Å²) in [5.41, 5.74) is 1.23. The number of nitrogens with one attached hydrogen (secondary N) is 1. The summed E-state index contributed by atoms with van der Waals surface area (Å²) in [6.07, 6.45) is 1.40. The summed E-state index contributed by atoms with van der Waals surface area (Å²) in [6.45, 7) is 2.06. The highest BCUT2D eigenvalue weighted by Gasteiger charge is 2.02. The fourth-order valence-corrected chi connectivity index (χ4v) is 1.34. The van der Waals surface area contributed by atoms with E-state index in [-0.39, 0.29) is 12.2 Å². The quantitative estimate of drug-likeness (QED) is 0.610. The molecule has 1 aromatic carbocycles. The molecule has 0 fully saturated rings. The van der Waals surface area contributed by atoms with E-state index < -0.39 is 12.1 Å². The molecule has 0 saturated heterocycles. The number of carbonyl (C=O) groups excluding carboxylic acids is 1. The number of carbonyl (C=O) groups is 2. The first-order valence-corrected chi connectivity index (χ1v) is 5.94. The Bertz CT molecular complexity index is 454. The maximum atomic E-state index is 11.3. The van der Waals surface area contributed by atoms with Crippen LogP contribution in [0.25, 0.3) is 0 Å². The van der Waals surface area contributed by atoms with Crippen molar-refractivity contribution in [3.8, 4) is 0 Å². The van der Waals surface area contributed by atoms with Crippen LogP contribution >= 0.6 is 0 Å². The molecule has 5 nitrogen and oxygen atoms in total. The van der Waals surface area contributed by atoms with Crippen molar-refractivity contribution in [2.24, 2.45) is 0 Å². The van der Waals surface area contributed by atoms with Gasteiger partial charge in [0.1, 0.15) is 0 Å². The number of amides is 1. The second-order valence-corrected chi connectivity index (χ2v) is 3.96. The molecule has 0 atom stereocenters. The van der Waals surface area contributed by atoms with Crippen molar-refractivity contribution in [2.45, 2.75) is 19.9 Å². The molecule has 0 bridgehead atoms. The van der Waals surface area contributed by atoms with Gasteiger partial charge < -0.3 is 15.2 Å². The van der Waals surface area contributed by atoms with Crippen LogP contribution in [0.15, 0.2) is 42.0 Å². The van der Waals surface area contributed by atoms with E-state index in [1.165, 1.54) is 13.0 Å². The zero-order chi connectivity index (χ0) is 14.1. The van der Waals surface area contributed by atoms with Crippen LogP contribution in [-0.2, 0) is 16.1 Å². The summed E-state index contributed by atoms with van der Waals surface area (Å²) in [5.74, 6) is -0.964. The maximum Gasteiger partial charge on any atom is 0.407 e. The molecule has 2 N–H and O–H groups in total. The molecule has 1 rings (SSSR count). The van der Waals surface area contributed by atoms with E-state index in [1.54, 1.807) is 0 Å². The van der Waals surface area contributed by atoms with Gasteiger partial charge in [-0.25, -0.2) is 9.59 Å². The van der Waals surface area contributed by atoms with Gasteiger partial charge in [0.2, 0.25) is 0 Å². The summed E-state index contributed by atoms with van der Waals surface area (Å²) < 4.78 is 4.91. The standard InChI is InChI=1S/C14H17NO4/c1-11(13(16)17)6-5-9-19-14(18)15-10-12-7-3-2-4-8-12/h2-4,6-8H,5,9-10H2,1H3,(H,15,18)(H,16,17). The minimum Gasteiger partial charge on any atom is -0.478 e. The average molecular weight is 263 g/mol. The number of benzene rings is 1. The van der Waals surface area contributed by atoms with Gasteiger partial charge in [-0.1, -0.05) is 36.4 Å². The third kappa shape index (κ3) is 6.26. The predicted octanol–water partition coefficient (Wildman–Crippen LogP) is 2.33. The Hall–Kier alpha value is -2.30. The summed E-state index contributed by atoms with van der Waals surface area (Å²) in [7, 11) is 0. The zero-order valence-corrected chi connectivity index (χ0v) is 10.8. The van der Waals surface area contributed by atoms with Crippen LogP contribution in [0, 0.1) is 0 Å². The van der Waals surface area contributed by atoms with Crippen LogP contribution in [0.2, 0.25) is 0 Å². The molecule has 1 amide bonds. The second kappa shape index (κ2) is 7.92. The van der Waals surface area contributed by atoms with E-state index >= 15 is 0 Å². The Morgan fingerprint density at radius 1 is 1.32 bits per heavy atom. The molecule has 0 aliphatic rings. The third-order valence-corrected chi connectivity index (χ3v) is 2.42. The van der Waals surface area contributed by atoms with E-state index in [4.69, 9.17) is 9.84 Å². The largest absolute Gasteiger partial charge is 0.478 e. The molecule has 5 heteroatoms. The minimum atomic E-state index is -0.964. The van der Waals surface area contributed by atoms with Gasteiger partial charge in [0, 0.05) is 18.5 Å². The molecule has 0 spiro atoms. The molecule has 1 aromatic rings. The monoisotopic (exact) mass is 263 g/mol. The number of hydrogen-bond acceptors (Lipinski definition) is 3. The normalized spacial score (nSPS) is 10.9. The Morgan fingerprint density at radius 3 is 2.63 bits per heavy atom. The van der Waals surface area contributed by atoms with Crippen molar-refractivity contribution in [3.05, 3.63) is 47.5 Å². The van der Waals surface area contributed by atoms with Crippen molar-refractivity contribution in [3.63, 3.8) is 0 Å². The number of aliphatic carboxylic acids is 1. The average Bonchev–Trinajstić information content (AvgIpc) is 2.42. The van der Waals surface area contributed by atoms with Crippen LogP contribution in [0.3, 0.4) is 0 Å². The van der Waals surface area contributed by atoms with E-state index in [1.807, 2.05) is 30.3 Å². The van der Waals surface area contributed by atoms with E-state index in [0.29, 0.717) is 13.0 Å². The maximum absolute atomic E-state index is 11.3. The molecule has 0 heterocycles. The highest BCUT2D eigenvalue weighted by molar-refractivity contribution is 5.85. The van der Waals surface area contributed by atoms with Gasteiger partial charge in [-0.3, -0.25) is 0 Å². The Morgan fingerprint density at radius 2 is 2.00 bits per heavy atom. The highest BCUT2D eigenvalue weighted by atomic mass is 16.5. The van der Waals surface area contributed by atoms with Gasteiger partial charge in [0.25, 0.3) is 0 Å². The first-order valence-electron chi connectivity index (χ1n) is 5.94. The van der Waals surface area contributed by atoms with E-state index in [0.717, 1.165) is 5.56 Å². The molecular formula is C14H17NO4. The van der Waals surface area contributed by atoms with Crippen LogP contribution in [0.4, 0.5) is 4.79 Å². The smallest absolute Gasteiger partial charge is 0.407 e. The first kappa shape index (κ1) is 14.8. The Balaban J connectivity index is 2.19. The van der Waals surface area contributed by atoms with Crippen LogP contribution < -0.4 is 5.32 Å². The van der Waals surface area contributed by atoms with Gasteiger partial charge in [0.15, 0.2) is 0 Å². The molecule has 0 aromatic heterocycles. The van der Waals surface area contributed by atoms with Crippen molar-refractivity contribution in [1.82, 2.24) is 5.32 Å². The number of hydrogen-bond donors (Lipinski definition) is 2. The molecular weight excluding hydrogens is 246 g/mol. The van der Waals surface area contributed by atoms with E-state index in [2.05, 4.69) is 5.32 Å². The Labute approximate surface area is 111 Å². The number of carboxylic acids is 1. The topological polar surface area (TPSA) is 75.6 Å². The van der Waals surface area contributed by atoms with Crippen LogP contribution in [0.5, 0.6) is 0 Å². The SMILES string of the molecule is CC(=CCCOC(=O)NCc1ccccc1)C(=O)O. The lowest BCUT2D eigenvalue weighted by Crippen LogP contribution is -2.24. The van der Waals surface area contributed by atoms with Gasteiger partial charge in [-0.2, -0.15) is 0 Å². The van der Waals surface area contributed by atoms with E-state index in [9.17, 15) is 9.59 Å². The van der Waals surface area contributed by atoms with Gasteiger partial charge in [-0.15, -0.1) is 0 Å². The minimum absolute atomic E-state index is 0.158. The predicted molar refractivity (Wildman–Crippen MR) is 70.6 cm³/mol. The number of rotatable bonds is 6. The highest BCUT2D eigenvalue weighted by Crippen LogP contribution is 1.98. The van der Waals surface area contributed by atoms with Gasteiger partial charge >= 0.3 is 12.1 Å². The first-order chi connectivity index (χ1) is 9.09. The van der Waals surface area contributed by atoms with Crippen molar-refractivity contribution in [2.75, 3.05) is 6.61 Å². The Kier molecular flexibility index (Phi) is 6.15. The molecule has 0 aliphatic heterocycles. The number of carboxylic acid groups (broad SMARTS) is 1. The van der Waals surface area contributed by atoms with Gasteiger partial charge in [-0.05, 0) is 12.5 Å². The third-order valence-electron chi connectivity index (χ3n) is 2.42. The zero-order valence-electron chi connectivity index (χ0n) is 10.8. The van der Waals surface area contributed by atoms with Crippen LogP contribution in [0.1, 0.15) is 18.9 Å². The molecule has 19 heavy (non-hydrogen) atoms. The fourth-order valence-electron chi connectivity index (χ4n) is 1.34. The lowest BCUT2D eigenvalue weighted by atomic mass is 10.2. The van der Waals surface area contributed by atoms with Crippen molar-refractivity contribution in [1.29, 1.82) is 0 Å².